The highest BCUT2D eigenvalue weighted by molar-refractivity contribution is 5.97. The van der Waals surface area contributed by atoms with Gasteiger partial charge in [-0.15, -0.1) is 0 Å². The van der Waals surface area contributed by atoms with Crippen LogP contribution < -0.4 is 0 Å². The maximum atomic E-state index is 12.2. The van der Waals surface area contributed by atoms with Crippen LogP contribution in [0.25, 0.3) is 10.9 Å². The van der Waals surface area contributed by atoms with E-state index in [0.29, 0.717) is 5.56 Å². The third-order valence-corrected chi connectivity index (χ3v) is 3.10. The minimum absolute atomic E-state index is 0.0443. The molecule has 0 aliphatic heterocycles. The standard InChI is InChI=1S/C14H16N2O2/c1-10(9-17)16(2)14(18)12-5-6-13-11(8-12)4-3-7-15-13/h3-8,10,17H,9H2,1-2H3. The van der Waals surface area contributed by atoms with Crippen LogP contribution in [-0.2, 0) is 0 Å². The summed E-state index contributed by atoms with van der Waals surface area (Å²) < 4.78 is 0. The smallest absolute Gasteiger partial charge is 0.253 e. The van der Waals surface area contributed by atoms with E-state index in [9.17, 15) is 4.79 Å². The van der Waals surface area contributed by atoms with Crippen molar-refractivity contribution >= 4 is 16.8 Å². The van der Waals surface area contributed by atoms with Gasteiger partial charge in [-0.25, -0.2) is 0 Å². The fraction of sp³-hybridized carbons (Fsp3) is 0.286. The minimum atomic E-state index is -0.193. The van der Waals surface area contributed by atoms with Crippen LogP contribution in [0.2, 0.25) is 0 Å². The molecule has 1 aromatic heterocycles. The summed E-state index contributed by atoms with van der Waals surface area (Å²) >= 11 is 0. The van der Waals surface area contributed by atoms with E-state index in [0.717, 1.165) is 10.9 Å². The average Bonchev–Trinajstić information content (AvgIpc) is 2.44. The molecule has 0 saturated carbocycles. The molecule has 0 fully saturated rings. The van der Waals surface area contributed by atoms with Crippen LogP contribution in [0.15, 0.2) is 36.5 Å². The summed E-state index contributed by atoms with van der Waals surface area (Å²) in [5, 5.41) is 10.0. The summed E-state index contributed by atoms with van der Waals surface area (Å²) in [6.07, 6.45) is 1.73. The van der Waals surface area contributed by atoms with Crippen LogP contribution in [0.3, 0.4) is 0 Å². The molecule has 4 heteroatoms. The van der Waals surface area contributed by atoms with E-state index >= 15 is 0 Å². The summed E-state index contributed by atoms with van der Waals surface area (Å²) in [7, 11) is 1.69. The molecule has 0 radical (unpaired) electrons. The number of likely N-dealkylation sites (N-methyl/N-ethyl adjacent to an activating group) is 1. The monoisotopic (exact) mass is 244 g/mol. The molecule has 4 nitrogen and oxygen atoms in total. The molecule has 1 amide bonds. The van der Waals surface area contributed by atoms with Crippen molar-refractivity contribution in [1.82, 2.24) is 9.88 Å². The number of hydrogen-bond acceptors (Lipinski definition) is 3. The number of nitrogens with zero attached hydrogens (tertiary/aromatic N) is 2. The summed E-state index contributed by atoms with van der Waals surface area (Å²) in [5.41, 5.74) is 1.48. The Hall–Kier alpha value is -1.94. The molecular weight excluding hydrogens is 228 g/mol. The molecule has 1 heterocycles. The minimum Gasteiger partial charge on any atom is -0.394 e. The van der Waals surface area contributed by atoms with Crippen LogP contribution in [0, 0.1) is 0 Å². The van der Waals surface area contributed by atoms with Crippen molar-refractivity contribution in [2.75, 3.05) is 13.7 Å². The van der Waals surface area contributed by atoms with Crippen molar-refractivity contribution in [3.8, 4) is 0 Å². The van der Waals surface area contributed by atoms with E-state index in [1.165, 1.54) is 4.90 Å². The van der Waals surface area contributed by atoms with Gasteiger partial charge in [-0.1, -0.05) is 6.07 Å². The van der Waals surface area contributed by atoms with Crippen molar-refractivity contribution in [1.29, 1.82) is 0 Å². The van der Waals surface area contributed by atoms with Crippen LogP contribution in [0.5, 0.6) is 0 Å². The van der Waals surface area contributed by atoms with Gasteiger partial charge in [0.15, 0.2) is 0 Å². The highest BCUT2D eigenvalue weighted by Crippen LogP contribution is 2.15. The molecule has 0 aliphatic carbocycles. The lowest BCUT2D eigenvalue weighted by Crippen LogP contribution is -2.37. The first-order valence-corrected chi connectivity index (χ1v) is 5.86. The second-order valence-corrected chi connectivity index (χ2v) is 4.36. The highest BCUT2D eigenvalue weighted by Gasteiger charge is 2.16. The zero-order valence-electron chi connectivity index (χ0n) is 10.5. The number of amides is 1. The molecule has 2 aromatic rings. The third-order valence-electron chi connectivity index (χ3n) is 3.10. The maximum Gasteiger partial charge on any atom is 0.253 e. The fourth-order valence-electron chi connectivity index (χ4n) is 1.73. The summed E-state index contributed by atoms with van der Waals surface area (Å²) in [5.74, 6) is -0.0951. The second kappa shape index (κ2) is 5.14. The van der Waals surface area contributed by atoms with Gasteiger partial charge in [-0.3, -0.25) is 9.78 Å². The summed E-state index contributed by atoms with van der Waals surface area (Å²) in [6.45, 7) is 1.76. The highest BCUT2D eigenvalue weighted by atomic mass is 16.3. The lowest BCUT2D eigenvalue weighted by molar-refractivity contribution is 0.0682. The first-order valence-electron chi connectivity index (χ1n) is 5.86. The fourth-order valence-corrected chi connectivity index (χ4v) is 1.73. The first-order chi connectivity index (χ1) is 8.63. The average molecular weight is 244 g/mol. The zero-order chi connectivity index (χ0) is 13.1. The number of hydrogen-bond donors (Lipinski definition) is 1. The van der Waals surface area contributed by atoms with Gasteiger partial charge in [0.2, 0.25) is 0 Å². The maximum absolute atomic E-state index is 12.2. The molecule has 0 spiro atoms. The Labute approximate surface area is 106 Å². The van der Waals surface area contributed by atoms with Gasteiger partial charge in [-0.05, 0) is 31.2 Å². The number of aliphatic hydroxyl groups is 1. The Balaban J connectivity index is 2.33. The van der Waals surface area contributed by atoms with Crippen molar-refractivity contribution in [3.63, 3.8) is 0 Å². The van der Waals surface area contributed by atoms with Crippen LogP contribution in [0.4, 0.5) is 0 Å². The normalized spacial score (nSPS) is 12.4. The Morgan fingerprint density at radius 2 is 2.22 bits per heavy atom. The molecule has 94 valence electrons. The number of aliphatic hydroxyl groups excluding tert-OH is 1. The van der Waals surface area contributed by atoms with E-state index in [-0.39, 0.29) is 18.6 Å². The van der Waals surface area contributed by atoms with Crippen molar-refractivity contribution < 1.29 is 9.90 Å². The van der Waals surface area contributed by atoms with Crippen molar-refractivity contribution in [2.24, 2.45) is 0 Å². The third kappa shape index (κ3) is 2.33. The largest absolute Gasteiger partial charge is 0.394 e. The van der Waals surface area contributed by atoms with E-state index in [2.05, 4.69) is 4.98 Å². The van der Waals surface area contributed by atoms with Crippen molar-refractivity contribution in [2.45, 2.75) is 13.0 Å². The topological polar surface area (TPSA) is 53.4 Å². The second-order valence-electron chi connectivity index (χ2n) is 4.36. The quantitative estimate of drug-likeness (QED) is 0.893. The van der Waals surface area contributed by atoms with E-state index in [1.807, 2.05) is 24.3 Å². The summed E-state index contributed by atoms with van der Waals surface area (Å²) in [4.78, 5) is 17.9. The predicted molar refractivity (Wildman–Crippen MR) is 70.4 cm³/mol. The van der Waals surface area contributed by atoms with Gasteiger partial charge in [0, 0.05) is 24.2 Å². The van der Waals surface area contributed by atoms with Gasteiger partial charge in [0.25, 0.3) is 5.91 Å². The van der Waals surface area contributed by atoms with Gasteiger partial charge in [-0.2, -0.15) is 0 Å². The number of carbonyl (C=O) groups excluding carboxylic acids is 1. The molecule has 1 aromatic carbocycles. The molecule has 1 atom stereocenters. The van der Waals surface area contributed by atoms with E-state index in [4.69, 9.17) is 5.11 Å². The molecular formula is C14H16N2O2. The molecule has 0 saturated heterocycles. The Bertz CT molecular complexity index is 568. The molecule has 1 N–H and O–H groups in total. The lowest BCUT2D eigenvalue weighted by atomic mass is 10.1. The van der Waals surface area contributed by atoms with E-state index in [1.54, 1.807) is 26.2 Å². The number of aromatic nitrogens is 1. The first kappa shape index (κ1) is 12.5. The Kier molecular flexibility index (Phi) is 3.58. The number of carbonyl (C=O) groups is 1. The Morgan fingerprint density at radius 1 is 1.44 bits per heavy atom. The van der Waals surface area contributed by atoms with Gasteiger partial charge < -0.3 is 10.0 Å². The molecule has 1 unspecified atom stereocenters. The number of benzene rings is 1. The van der Waals surface area contributed by atoms with Gasteiger partial charge in [0.05, 0.1) is 18.2 Å². The molecule has 0 bridgehead atoms. The van der Waals surface area contributed by atoms with Crippen LogP contribution in [0.1, 0.15) is 17.3 Å². The predicted octanol–water partition coefficient (Wildman–Crippen LogP) is 1.69. The van der Waals surface area contributed by atoms with E-state index < -0.39 is 0 Å². The zero-order valence-corrected chi connectivity index (χ0v) is 10.5. The number of pyridine rings is 1. The van der Waals surface area contributed by atoms with Gasteiger partial charge in [0.1, 0.15) is 0 Å². The SMILES string of the molecule is CC(CO)N(C)C(=O)c1ccc2ncccc2c1. The number of fused-ring (bicyclic) bond motifs is 1. The van der Waals surface area contributed by atoms with Crippen LogP contribution in [-0.4, -0.2) is 40.6 Å². The summed E-state index contributed by atoms with van der Waals surface area (Å²) in [6, 6.07) is 9.00. The Morgan fingerprint density at radius 3 is 2.94 bits per heavy atom. The van der Waals surface area contributed by atoms with Crippen molar-refractivity contribution in [3.05, 3.63) is 42.1 Å². The number of rotatable bonds is 3. The molecule has 2 rings (SSSR count). The van der Waals surface area contributed by atoms with Gasteiger partial charge >= 0.3 is 0 Å². The lowest BCUT2D eigenvalue weighted by Gasteiger charge is -2.23. The molecule has 18 heavy (non-hydrogen) atoms. The molecule has 0 aliphatic rings. The van der Waals surface area contributed by atoms with Crippen LogP contribution >= 0.6 is 0 Å².